The third kappa shape index (κ3) is 3.88. The standard InChI is InChI=1S/C15H23NO/c1-5-13(6-2)10-16-15(17)14-9-11(3)7-8-12(14)4/h7-9,13H,5-6,10H2,1-4H3,(H,16,17). The quantitative estimate of drug-likeness (QED) is 0.829. The fraction of sp³-hybridized carbons (Fsp3) is 0.533. The number of nitrogens with one attached hydrogen (secondary N) is 1. The molecular weight excluding hydrogens is 210 g/mol. The van der Waals surface area contributed by atoms with E-state index in [1.807, 2.05) is 32.0 Å². The molecule has 1 aromatic rings. The van der Waals surface area contributed by atoms with Crippen molar-refractivity contribution < 1.29 is 4.79 Å². The summed E-state index contributed by atoms with van der Waals surface area (Å²) in [6, 6.07) is 5.99. The van der Waals surface area contributed by atoms with Crippen LogP contribution in [0.4, 0.5) is 0 Å². The van der Waals surface area contributed by atoms with Gasteiger partial charge in [0.25, 0.3) is 5.91 Å². The minimum atomic E-state index is 0.0538. The number of hydrogen-bond acceptors (Lipinski definition) is 1. The lowest BCUT2D eigenvalue weighted by molar-refractivity contribution is 0.0945. The van der Waals surface area contributed by atoms with E-state index in [0.717, 1.165) is 36.1 Å². The van der Waals surface area contributed by atoms with Crippen LogP contribution in [0, 0.1) is 19.8 Å². The van der Waals surface area contributed by atoms with Crippen LogP contribution in [0.25, 0.3) is 0 Å². The van der Waals surface area contributed by atoms with E-state index >= 15 is 0 Å². The summed E-state index contributed by atoms with van der Waals surface area (Å²) >= 11 is 0. The molecule has 1 aromatic carbocycles. The van der Waals surface area contributed by atoms with Gasteiger partial charge in [-0.1, -0.05) is 44.4 Å². The number of rotatable bonds is 5. The largest absolute Gasteiger partial charge is 0.352 e. The zero-order valence-electron chi connectivity index (χ0n) is 11.3. The molecule has 0 atom stereocenters. The first-order valence-electron chi connectivity index (χ1n) is 6.43. The summed E-state index contributed by atoms with van der Waals surface area (Å²) in [6.45, 7) is 9.10. The number of aryl methyl sites for hydroxylation is 2. The topological polar surface area (TPSA) is 29.1 Å². The van der Waals surface area contributed by atoms with Crippen LogP contribution < -0.4 is 5.32 Å². The highest BCUT2D eigenvalue weighted by Crippen LogP contribution is 2.11. The van der Waals surface area contributed by atoms with Gasteiger partial charge in [0, 0.05) is 12.1 Å². The highest BCUT2D eigenvalue weighted by atomic mass is 16.1. The van der Waals surface area contributed by atoms with Crippen molar-refractivity contribution in [3.05, 3.63) is 34.9 Å². The molecule has 1 N–H and O–H groups in total. The van der Waals surface area contributed by atoms with Gasteiger partial charge in [0.2, 0.25) is 0 Å². The van der Waals surface area contributed by atoms with Gasteiger partial charge in [0.15, 0.2) is 0 Å². The molecule has 0 heterocycles. The Morgan fingerprint density at radius 2 is 1.88 bits per heavy atom. The molecule has 0 saturated carbocycles. The van der Waals surface area contributed by atoms with Crippen molar-refractivity contribution in [3.63, 3.8) is 0 Å². The molecule has 0 saturated heterocycles. The molecule has 0 fully saturated rings. The lowest BCUT2D eigenvalue weighted by Crippen LogP contribution is -2.29. The highest BCUT2D eigenvalue weighted by molar-refractivity contribution is 5.95. The van der Waals surface area contributed by atoms with E-state index in [9.17, 15) is 4.79 Å². The van der Waals surface area contributed by atoms with Crippen molar-refractivity contribution in [1.82, 2.24) is 5.32 Å². The molecule has 0 aliphatic rings. The summed E-state index contributed by atoms with van der Waals surface area (Å²) in [7, 11) is 0. The smallest absolute Gasteiger partial charge is 0.251 e. The molecule has 0 aromatic heterocycles. The van der Waals surface area contributed by atoms with E-state index in [4.69, 9.17) is 0 Å². The maximum atomic E-state index is 12.0. The number of carbonyl (C=O) groups excluding carboxylic acids is 1. The molecule has 1 rings (SSSR count). The van der Waals surface area contributed by atoms with Gasteiger partial charge in [-0.3, -0.25) is 4.79 Å². The molecule has 17 heavy (non-hydrogen) atoms. The van der Waals surface area contributed by atoms with Crippen LogP contribution in [-0.2, 0) is 0 Å². The van der Waals surface area contributed by atoms with Crippen LogP contribution in [0.15, 0.2) is 18.2 Å². The average molecular weight is 233 g/mol. The molecule has 2 heteroatoms. The van der Waals surface area contributed by atoms with Gasteiger partial charge in [-0.25, -0.2) is 0 Å². The zero-order valence-corrected chi connectivity index (χ0v) is 11.3. The normalized spacial score (nSPS) is 10.6. The third-order valence-electron chi connectivity index (χ3n) is 3.34. The summed E-state index contributed by atoms with van der Waals surface area (Å²) in [5.41, 5.74) is 2.97. The summed E-state index contributed by atoms with van der Waals surface area (Å²) in [6.07, 6.45) is 2.23. The van der Waals surface area contributed by atoms with Gasteiger partial charge in [-0.15, -0.1) is 0 Å². The maximum absolute atomic E-state index is 12.0. The van der Waals surface area contributed by atoms with Crippen molar-refractivity contribution in [3.8, 4) is 0 Å². The van der Waals surface area contributed by atoms with Crippen LogP contribution >= 0.6 is 0 Å². The molecule has 0 spiro atoms. The number of benzene rings is 1. The molecule has 0 aliphatic heterocycles. The molecule has 0 bridgehead atoms. The van der Waals surface area contributed by atoms with Crippen LogP contribution in [0.2, 0.25) is 0 Å². The van der Waals surface area contributed by atoms with Crippen molar-refractivity contribution in [1.29, 1.82) is 0 Å². The monoisotopic (exact) mass is 233 g/mol. The molecular formula is C15H23NO. The molecule has 2 nitrogen and oxygen atoms in total. The Morgan fingerprint density at radius 3 is 2.47 bits per heavy atom. The fourth-order valence-electron chi connectivity index (χ4n) is 1.89. The first kappa shape index (κ1) is 13.8. The predicted octanol–water partition coefficient (Wildman–Crippen LogP) is 3.47. The Hall–Kier alpha value is -1.31. The second kappa shape index (κ2) is 6.43. The van der Waals surface area contributed by atoms with Crippen LogP contribution in [0.3, 0.4) is 0 Å². The minimum Gasteiger partial charge on any atom is -0.352 e. The van der Waals surface area contributed by atoms with Gasteiger partial charge in [-0.05, 0) is 31.4 Å². The van der Waals surface area contributed by atoms with Crippen LogP contribution in [-0.4, -0.2) is 12.5 Å². The molecule has 0 aliphatic carbocycles. The summed E-state index contributed by atoms with van der Waals surface area (Å²) in [5, 5.41) is 3.03. The summed E-state index contributed by atoms with van der Waals surface area (Å²) < 4.78 is 0. The maximum Gasteiger partial charge on any atom is 0.251 e. The van der Waals surface area contributed by atoms with Gasteiger partial charge < -0.3 is 5.32 Å². The molecule has 94 valence electrons. The zero-order chi connectivity index (χ0) is 12.8. The number of carbonyl (C=O) groups is 1. The predicted molar refractivity (Wildman–Crippen MR) is 72.3 cm³/mol. The molecule has 0 unspecified atom stereocenters. The molecule has 1 amide bonds. The van der Waals surface area contributed by atoms with Crippen molar-refractivity contribution in [2.45, 2.75) is 40.5 Å². The van der Waals surface area contributed by atoms with Gasteiger partial charge in [0.1, 0.15) is 0 Å². The Kier molecular flexibility index (Phi) is 5.20. The second-order valence-electron chi connectivity index (χ2n) is 4.71. The lowest BCUT2D eigenvalue weighted by Gasteiger charge is -2.14. The minimum absolute atomic E-state index is 0.0538. The average Bonchev–Trinajstić information content (AvgIpc) is 2.33. The number of amides is 1. The molecule has 0 radical (unpaired) electrons. The summed E-state index contributed by atoms with van der Waals surface area (Å²) in [4.78, 5) is 12.0. The van der Waals surface area contributed by atoms with E-state index < -0.39 is 0 Å². The van der Waals surface area contributed by atoms with E-state index in [-0.39, 0.29) is 5.91 Å². The van der Waals surface area contributed by atoms with Crippen LogP contribution in [0.1, 0.15) is 48.2 Å². The fourth-order valence-corrected chi connectivity index (χ4v) is 1.89. The SMILES string of the molecule is CCC(CC)CNC(=O)c1cc(C)ccc1C. The van der Waals surface area contributed by atoms with E-state index in [0.29, 0.717) is 5.92 Å². The highest BCUT2D eigenvalue weighted by Gasteiger charge is 2.10. The lowest BCUT2D eigenvalue weighted by atomic mass is 10.0. The van der Waals surface area contributed by atoms with Crippen molar-refractivity contribution >= 4 is 5.91 Å². The second-order valence-corrected chi connectivity index (χ2v) is 4.71. The summed E-state index contributed by atoms with van der Waals surface area (Å²) in [5.74, 6) is 0.641. The Bertz CT molecular complexity index is 381. The van der Waals surface area contributed by atoms with E-state index in [1.165, 1.54) is 0 Å². The Balaban J connectivity index is 2.66. The van der Waals surface area contributed by atoms with E-state index in [2.05, 4.69) is 19.2 Å². The van der Waals surface area contributed by atoms with Gasteiger partial charge in [0.05, 0.1) is 0 Å². The third-order valence-corrected chi connectivity index (χ3v) is 3.34. The Morgan fingerprint density at radius 1 is 1.24 bits per heavy atom. The van der Waals surface area contributed by atoms with Crippen molar-refractivity contribution in [2.24, 2.45) is 5.92 Å². The van der Waals surface area contributed by atoms with Crippen molar-refractivity contribution in [2.75, 3.05) is 6.54 Å². The first-order valence-corrected chi connectivity index (χ1v) is 6.43. The Labute approximate surface area is 104 Å². The first-order chi connectivity index (χ1) is 8.08. The van der Waals surface area contributed by atoms with E-state index in [1.54, 1.807) is 0 Å². The van der Waals surface area contributed by atoms with Gasteiger partial charge in [-0.2, -0.15) is 0 Å². The van der Waals surface area contributed by atoms with Crippen LogP contribution in [0.5, 0.6) is 0 Å². The number of hydrogen-bond donors (Lipinski definition) is 1. The van der Waals surface area contributed by atoms with Gasteiger partial charge >= 0.3 is 0 Å².